The number of rotatable bonds is 8. The van der Waals surface area contributed by atoms with Crippen molar-refractivity contribution in [3.8, 4) is 0 Å². The largest absolute Gasteiger partial charge is 0.353 e. The topological polar surface area (TPSA) is 54.3 Å². The van der Waals surface area contributed by atoms with Crippen LogP contribution in [-0.2, 0) is 36.5 Å². The lowest BCUT2D eigenvalue weighted by atomic mass is 9.98. The molecule has 4 rings (SSSR count). The van der Waals surface area contributed by atoms with Gasteiger partial charge in [-0.1, -0.05) is 49.7 Å². The molecule has 0 bridgehead atoms. The van der Waals surface area contributed by atoms with Crippen LogP contribution < -0.4 is 4.72 Å². The van der Waals surface area contributed by atoms with Gasteiger partial charge < -0.3 is 4.57 Å². The summed E-state index contributed by atoms with van der Waals surface area (Å²) in [6.07, 6.45) is 4.99. The minimum Gasteiger partial charge on any atom is -0.353 e. The fourth-order valence-electron chi connectivity index (χ4n) is 4.42. The van der Waals surface area contributed by atoms with E-state index < -0.39 is 10.0 Å². The fraction of sp³-hybridized carbons (Fsp3) is 0.360. The Morgan fingerprint density at radius 1 is 1.00 bits per heavy atom. The van der Waals surface area contributed by atoms with Gasteiger partial charge in [0.05, 0.1) is 10.9 Å². The summed E-state index contributed by atoms with van der Waals surface area (Å²) in [4.78, 5) is 2.70. The maximum Gasteiger partial charge on any atom is 0.240 e. The number of hydrogen-bond acceptors (Lipinski definition) is 3. The van der Waals surface area contributed by atoms with Gasteiger partial charge in [0, 0.05) is 38.6 Å². The van der Waals surface area contributed by atoms with Crippen molar-refractivity contribution in [3.63, 3.8) is 0 Å². The average Bonchev–Trinajstić information content (AvgIpc) is 3.20. The Kier molecular flexibility index (Phi) is 6.60. The molecule has 1 aliphatic rings. The first kappa shape index (κ1) is 21.8. The van der Waals surface area contributed by atoms with Gasteiger partial charge >= 0.3 is 0 Å². The van der Waals surface area contributed by atoms with Crippen LogP contribution in [0.3, 0.4) is 0 Å². The molecule has 1 atom stereocenters. The molecule has 0 saturated heterocycles. The molecule has 1 aromatic heterocycles. The Hall–Kier alpha value is -2.41. The molecule has 164 valence electrons. The second-order valence-electron chi connectivity index (χ2n) is 8.29. The van der Waals surface area contributed by atoms with Crippen molar-refractivity contribution in [1.29, 1.82) is 0 Å². The van der Waals surface area contributed by atoms with Gasteiger partial charge in [0.15, 0.2) is 0 Å². The summed E-state index contributed by atoms with van der Waals surface area (Å²) < 4.78 is 31.0. The van der Waals surface area contributed by atoms with Gasteiger partial charge in [-0.2, -0.15) is 0 Å². The molecule has 0 radical (unpaired) electrons. The van der Waals surface area contributed by atoms with Gasteiger partial charge in [0.25, 0.3) is 0 Å². The van der Waals surface area contributed by atoms with Crippen molar-refractivity contribution >= 4 is 10.0 Å². The minimum atomic E-state index is -3.58. The highest BCUT2D eigenvalue weighted by Gasteiger charge is 2.28. The summed E-state index contributed by atoms with van der Waals surface area (Å²) in [5.74, 6) is 0. The average molecular weight is 438 g/mol. The van der Waals surface area contributed by atoms with Crippen molar-refractivity contribution in [2.75, 3.05) is 13.1 Å². The van der Waals surface area contributed by atoms with Crippen molar-refractivity contribution in [2.45, 2.75) is 43.7 Å². The third-order valence-electron chi connectivity index (χ3n) is 6.17. The third kappa shape index (κ3) is 4.92. The minimum absolute atomic E-state index is 0.0394. The molecule has 1 unspecified atom stereocenters. The number of nitrogens with one attached hydrogen (secondary N) is 1. The molecule has 3 aromatic rings. The standard InChI is InChI=1S/C25H31N3O2S/c1-3-7-20-11-13-23(14-12-20)31(29,30)26-18-25(24-10-6-16-27(24)2)28-17-15-21-8-4-5-9-22(21)19-28/h4-6,8-14,16,25-26H,3,7,15,17-19H2,1-2H3. The lowest BCUT2D eigenvalue weighted by Crippen LogP contribution is -2.41. The Labute approximate surface area is 185 Å². The molecule has 1 N–H and O–H groups in total. The summed E-state index contributed by atoms with van der Waals surface area (Å²) in [5.41, 5.74) is 4.98. The summed E-state index contributed by atoms with van der Waals surface area (Å²) in [5, 5.41) is 0. The highest BCUT2D eigenvalue weighted by molar-refractivity contribution is 7.89. The van der Waals surface area contributed by atoms with Crippen molar-refractivity contribution < 1.29 is 8.42 Å². The van der Waals surface area contributed by atoms with Gasteiger partial charge in [-0.15, -0.1) is 0 Å². The quantitative estimate of drug-likeness (QED) is 0.578. The lowest BCUT2D eigenvalue weighted by Gasteiger charge is -2.36. The predicted molar refractivity (Wildman–Crippen MR) is 124 cm³/mol. The van der Waals surface area contributed by atoms with Crippen LogP contribution in [0.2, 0.25) is 0 Å². The lowest BCUT2D eigenvalue weighted by molar-refractivity contribution is 0.174. The molecular formula is C25H31N3O2S. The number of aryl methyl sites for hydroxylation is 2. The summed E-state index contributed by atoms with van der Waals surface area (Å²) in [6.45, 7) is 4.17. The van der Waals surface area contributed by atoms with Crippen LogP contribution in [0.25, 0.3) is 0 Å². The van der Waals surface area contributed by atoms with E-state index in [0.29, 0.717) is 11.4 Å². The van der Waals surface area contributed by atoms with Crippen LogP contribution in [-0.4, -0.2) is 31.0 Å². The second-order valence-corrected chi connectivity index (χ2v) is 10.1. The molecule has 31 heavy (non-hydrogen) atoms. The zero-order chi connectivity index (χ0) is 21.8. The summed E-state index contributed by atoms with van der Waals surface area (Å²) in [7, 11) is -1.56. The van der Waals surface area contributed by atoms with E-state index in [1.807, 2.05) is 31.4 Å². The van der Waals surface area contributed by atoms with Gasteiger partial charge in [-0.05, 0) is 53.8 Å². The first-order chi connectivity index (χ1) is 15.0. The molecular weight excluding hydrogens is 406 g/mol. The number of benzene rings is 2. The van der Waals surface area contributed by atoms with Crippen LogP contribution in [0.15, 0.2) is 71.8 Å². The number of hydrogen-bond donors (Lipinski definition) is 1. The molecule has 0 amide bonds. The van der Waals surface area contributed by atoms with Gasteiger partial charge in [-0.3, -0.25) is 4.90 Å². The van der Waals surface area contributed by atoms with Crippen molar-refractivity contribution in [2.24, 2.45) is 7.05 Å². The highest BCUT2D eigenvalue weighted by Crippen LogP contribution is 2.28. The predicted octanol–water partition coefficient (Wildman–Crippen LogP) is 4.06. The van der Waals surface area contributed by atoms with Crippen LogP contribution in [0.5, 0.6) is 0 Å². The Morgan fingerprint density at radius 3 is 2.42 bits per heavy atom. The van der Waals surface area contributed by atoms with E-state index in [0.717, 1.165) is 43.6 Å². The van der Waals surface area contributed by atoms with Gasteiger partial charge in [-0.25, -0.2) is 13.1 Å². The molecule has 1 aliphatic heterocycles. The fourth-order valence-corrected chi connectivity index (χ4v) is 5.46. The van der Waals surface area contributed by atoms with Crippen LogP contribution in [0, 0.1) is 0 Å². The van der Waals surface area contributed by atoms with E-state index in [-0.39, 0.29) is 6.04 Å². The molecule has 0 aliphatic carbocycles. The number of sulfonamides is 1. The number of aromatic nitrogens is 1. The maximum absolute atomic E-state index is 13.0. The first-order valence-electron chi connectivity index (χ1n) is 11.0. The third-order valence-corrected chi connectivity index (χ3v) is 7.60. The van der Waals surface area contributed by atoms with Gasteiger partial charge in [0.2, 0.25) is 10.0 Å². The molecule has 2 heterocycles. The number of fused-ring (bicyclic) bond motifs is 1. The maximum atomic E-state index is 13.0. The summed E-state index contributed by atoms with van der Waals surface area (Å²) >= 11 is 0. The Morgan fingerprint density at radius 2 is 1.74 bits per heavy atom. The zero-order valence-corrected chi connectivity index (χ0v) is 19.1. The normalized spacial score (nSPS) is 15.5. The monoisotopic (exact) mass is 437 g/mol. The molecule has 0 saturated carbocycles. The Balaban J connectivity index is 1.54. The summed E-state index contributed by atoms with van der Waals surface area (Å²) in [6, 6.07) is 19.8. The van der Waals surface area contributed by atoms with Crippen molar-refractivity contribution in [1.82, 2.24) is 14.2 Å². The van der Waals surface area contributed by atoms with E-state index in [4.69, 9.17) is 0 Å². The van der Waals surface area contributed by atoms with Gasteiger partial charge in [0.1, 0.15) is 0 Å². The number of nitrogens with zero attached hydrogens (tertiary/aromatic N) is 2. The van der Waals surface area contributed by atoms with E-state index in [1.165, 1.54) is 11.1 Å². The molecule has 6 heteroatoms. The van der Waals surface area contributed by atoms with E-state index in [2.05, 4.69) is 51.4 Å². The highest BCUT2D eigenvalue weighted by atomic mass is 32.2. The molecule has 0 spiro atoms. The second kappa shape index (κ2) is 9.39. The van der Waals surface area contributed by atoms with Crippen LogP contribution >= 0.6 is 0 Å². The van der Waals surface area contributed by atoms with Crippen molar-refractivity contribution in [3.05, 3.63) is 89.2 Å². The molecule has 5 nitrogen and oxygen atoms in total. The molecule has 0 fully saturated rings. The molecule has 2 aromatic carbocycles. The van der Waals surface area contributed by atoms with E-state index in [9.17, 15) is 8.42 Å². The SMILES string of the molecule is CCCc1ccc(S(=O)(=O)NCC(c2cccn2C)N2CCc3ccccc3C2)cc1. The Bertz CT molecular complexity index is 1120. The first-order valence-corrected chi connectivity index (χ1v) is 12.5. The van der Waals surface area contributed by atoms with E-state index in [1.54, 1.807) is 12.1 Å². The zero-order valence-electron chi connectivity index (χ0n) is 18.3. The van der Waals surface area contributed by atoms with Crippen LogP contribution in [0.1, 0.15) is 41.8 Å². The van der Waals surface area contributed by atoms with E-state index >= 15 is 0 Å². The smallest absolute Gasteiger partial charge is 0.240 e. The van der Waals surface area contributed by atoms with Crippen LogP contribution in [0.4, 0.5) is 0 Å².